The molecule has 0 saturated carbocycles. The number of hydrogen-bond acceptors (Lipinski definition) is 7. The highest BCUT2D eigenvalue weighted by Crippen LogP contribution is 2.41. The van der Waals surface area contributed by atoms with Crippen molar-refractivity contribution < 1.29 is 9.18 Å². The summed E-state index contributed by atoms with van der Waals surface area (Å²) < 4.78 is 13.8. The Balaban J connectivity index is 1.68. The SMILES string of the molecule is CCC(CNc1cc(-c2ccc(C#N)c(F)c2)ncn1)(SC)c1cccc2c(C(=O)NC)ccnc12. The maximum Gasteiger partial charge on any atom is 0.251 e. The lowest BCUT2D eigenvalue weighted by Crippen LogP contribution is -2.31. The van der Waals surface area contributed by atoms with Gasteiger partial charge in [-0.1, -0.05) is 31.2 Å². The second kappa shape index (κ2) is 10.7. The Hall–Kier alpha value is -4.03. The van der Waals surface area contributed by atoms with Crippen molar-refractivity contribution in [1.82, 2.24) is 20.3 Å². The van der Waals surface area contributed by atoms with Gasteiger partial charge in [-0.05, 0) is 36.4 Å². The van der Waals surface area contributed by atoms with Gasteiger partial charge in [-0.25, -0.2) is 14.4 Å². The van der Waals surface area contributed by atoms with Gasteiger partial charge in [-0.15, -0.1) is 0 Å². The number of amides is 1. The molecule has 7 nitrogen and oxygen atoms in total. The third-order valence-electron chi connectivity index (χ3n) is 6.30. The number of para-hydroxylation sites is 1. The third-order valence-corrected chi connectivity index (χ3v) is 7.74. The number of nitriles is 1. The van der Waals surface area contributed by atoms with Crippen molar-refractivity contribution in [1.29, 1.82) is 5.26 Å². The molecule has 0 bridgehead atoms. The number of thioether (sulfide) groups is 1. The molecule has 4 rings (SSSR count). The minimum absolute atomic E-state index is 0.0119. The lowest BCUT2D eigenvalue weighted by atomic mass is 9.91. The van der Waals surface area contributed by atoms with E-state index < -0.39 is 5.82 Å². The molecule has 182 valence electrons. The Morgan fingerprint density at radius 3 is 2.69 bits per heavy atom. The topological polar surface area (TPSA) is 104 Å². The van der Waals surface area contributed by atoms with E-state index in [1.807, 2.05) is 18.2 Å². The van der Waals surface area contributed by atoms with E-state index in [4.69, 9.17) is 5.26 Å². The number of nitrogens with zero attached hydrogens (tertiary/aromatic N) is 4. The number of hydrogen-bond donors (Lipinski definition) is 2. The average Bonchev–Trinajstić information content (AvgIpc) is 2.93. The van der Waals surface area contributed by atoms with Gasteiger partial charge in [0.05, 0.1) is 27.1 Å². The van der Waals surface area contributed by atoms with Gasteiger partial charge in [-0.2, -0.15) is 17.0 Å². The zero-order chi connectivity index (χ0) is 25.7. The highest BCUT2D eigenvalue weighted by atomic mass is 32.2. The van der Waals surface area contributed by atoms with Crippen LogP contribution in [0.1, 0.15) is 34.8 Å². The molecule has 0 aliphatic rings. The fourth-order valence-electron chi connectivity index (χ4n) is 4.22. The van der Waals surface area contributed by atoms with E-state index in [9.17, 15) is 9.18 Å². The van der Waals surface area contributed by atoms with Crippen molar-refractivity contribution in [2.45, 2.75) is 18.1 Å². The molecular formula is C27H25FN6OS. The van der Waals surface area contributed by atoms with E-state index in [2.05, 4.69) is 44.8 Å². The summed E-state index contributed by atoms with van der Waals surface area (Å²) in [7, 11) is 1.61. The molecule has 0 spiro atoms. The zero-order valence-corrected chi connectivity index (χ0v) is 21.0. The first-order chi connectivity index (χ1) is 17.5. The Kier molecular flexibility index (Phi) is 7.46. The summed E-state index contributed by atoms with van der Waals surface area (Å²) in [6.07, 6.45) is 5.94. The molecule has 36 heavy (non-hydrogen) atoms. The third kappa shape index (κ3) is 4.72. The van der Waals surface area contributed by atoms with Crippen molar-refractivity contribution in [2.75, 3.05) is 25.2 Å². The van der Waals surface area contributed by atoms with Gasteiger partial charge in [0.1, 0.15) is 24.0 Å². The quantitative estimate of drug-likeness (QED) is 0.345. The molecule has 1 unspecified atom stereocenters. The highest BCUT2D eigenvalue weighted by molar-refractivity contribution is 7.99. The molecule has 0 aliphatic heterocycles. The van der Waals surface area contributed by atoms with E-state index in [1.54, 1.807) is 43.2 Å². The first-order valence-corrected chi connectivity index (χ1v) is 12.6. The number of benzene rings is 2. The molecule has 1 amide bonds. The second-order valence-electron chi connectivity index (χ2n) is 8.14. The van der Waals surface area contributed by atoms with E-state index in [-0.39, 0.29) is 16.2 Å². The summed E-state index contributed by atoms with van der Waals surface area (Å²) in [5.74, 6) is -0.150. The van der Waals surface area contributed by atoms with Crippen LogP contribution >= 0.6 is 11.8 Å². The smallest absolute Gasteiger partial charge is 0.251 e. The number of nitrogens with one attached hydrogen (secondary N) is 2. The molecule has 2 heterocycles. The molecular weight excluding hydrogens is 475 g/mol. The van der Waals surface area contributed by atoms with Crippen LogP contribution in [0.2, 0.25) is 0 Å². The molecule has 0 radical (unpaired) electrons. The zero-order valence-electron chi connectivity index (χ0n) is 20.2. The standard InChI is InChI=1S/C27H25FN6OS/c1-4-27(36-3,21-7-5-6-19-20(26(35)30-2)10-11-31-25(19)21)15-32-24-13-23(33-16-34-24)17-8-9-18(14-29)22(28)12-17/h5-13,16H,4,15H2,1-3H3,(H,30,35)(H,32,33,34). The summed E-state index contributed by atoms with van der Waals surface area (Å²) >= 11 is 1.70. The Morgan fingerprint density at radius 1 is 1.17 bits per heavy atom. The van der Waals surface area contributed by atoms with Crippen molar-refractivity contribution in [2.24, 2.45) is 0 Å². The van der Waals surface area contributed by atoms with Gasteiger partial charge in [0.15, 0.2) is 0 Å². The van der Waals surface area contributed by atoms with Crippen molar-refractivity contribution in [3.05, 3.63) is 83.6 Å². The second-order valence-corrected chi connectivity index (χ2v) is 9.33. The van der Waals surface area contributed by atoms with E-state index in [0.717, 1.165) is 22.9 Å². The number of carbonyl (C=O) groups is 1. The molecule has 4 aromatic rings. The normalized spacial score (nSPS) is 12.5. The molecule has 2 aromatic heterocycles. The predicted molar refractivity (Wildman–Crippen MR) is 141 cm³/mol. The van der Waals surface area contributed by atoms with Crippen LogP contribution in [0.15, 0.2) is 61.1 Å². The van der Waals surface area contributed by atoms with Crippen LogP contribution in [-0.2, 0) is 4.75 Å². The summed E-state index contributed by atoms with van der Waals surface area (Å²) in [4.78, 5) is 25.7. The number of anilines is 1. The average molecular weight is 501 g/mol. The van der Waals surface area contributed by atoms with Gasteiger partial charge in [-0.3, -0.25) is 9.78 Å². The van der Waals surface area contributed by atoms with E-state index in [0.29, 0.717) is 29.2 Å². The van der Waals surface area contributed by atoms with Crippen LogP contribution in [-0.4, -0.2) is 40.7 Å². The van der Waals surface area contributed by atoms with Crippen LogP contribution in [0, 0.1) is 17.1 Å². The van der Waals surface area contributed by atoms with Crippen molar-refractivity contribution in [3.63, 3.8) is 0 Å². The van der Waals surface area contributed by atoms with Gasteiger partial charge >= 0.3 is 0 Å². The van der Waals surface area contributed by atoms with E-state index >= 15 is 0 Å². The molecule has 1 atom stereocenters. The minimum Gasteiger partial charge on any atom is -0.368 e. The van der Waals surface area contributed by atoms with Crippen LogP contribution in [0.3, 0.4) is 0 Å². The Morgan fingerprint density at radius 2 is 2.00 bits per heavy atom. The molecule has 0 fully saturated rings. The van der Waals surface area contributed by atoms with Crippen LogP contribution in [0.25, 0.3) is 22.2 Å². The number of carbonyl (C=O) groups excluding carboxylic acids is 1. The monoisotopic (exact) mass is 500 g/mol. The highest BCUT2D eigenvalue weighted by Gasteiger charge is 2.32. The molecule has 0 saturated heterocycles. The van der Waals surface area contributed by atoms with Gasteiger partial charge in [0, 0.05) is 36.8 Å². The fraction of sp³-hybridized carbons (Fsp3) is 0.222. The van der Waals surface area contributed by atoms with Gasteiger partial charge in [0.2, 0.25) is 0 Å². The summed E-state index contributed by atoms with van der Waals surface area (Å²) in [5, 5.41) is 15.9. The van der Waals surface area contributed by atoms with Crippen LogP contribution in [0.5, 0.6) is 0 Å². The minimum atomic E-state index is -0.588. The lowest BCUT2D eigenvalue weighted by Gasteiger charge is -2.33. The lowest BCUT2D eigenvalue weighted by molar-refractivity contribution is 0.0964. The predicted octanol–water partition coefficient (Wildman–Crippen LogP) is 5.14. The van der Waals surface area contributed by atoms with E-state index in [1.165, 1.54) is 18.5 Å². The van der Waals surface area contributed by atoms with Gasteiger partial charge in [0.25, 0.3) is 5.91 Å². The Bertz CT molecular complexity index is 1460. The molecule has 0 aliphatic carbocycles. The molecule has 2 N–H and O–H groups in total. The summed E-state index contributed by atoms with van der Waals surface area (Å²) in [6, 6.07) is 15.6. The van der Waals surface area contributed by atoms with Gasteiger partial charge < -0.3 is 10.6 Å². The Labute approximate surface area is 213 Å². The number of pyridine rings is 1. The first-order valence-electron chi connectivity index (χ1n) is 11.4. The van der Waals surface area contributed by atoms with Crippen molar-refractivity contribution >= 4 is 34.4 Å². The van der Waals surface area contributed by atoms with Crippen LogP contribution in [0.4, 0.5) is 10.2 Å². The molecule has 2 aromatic carbocycles. The first kappa shape index (κ1) is 25.1. The van der Waals surface area contributed by atoms with Crippen LogP contribution < -0.4 is 10.6 Å². The number of fused-ring (bicyclic) bond motifs is 1. The summed E-state index contributed by atoms with van der Waals surface area (Å²) in [6.45, 7) is 2.65. The fourth-order valence-corrected chi connectivity index (χ4v) is 5.11. The number of aromatic nitrogens is 3. The maximum atomic E-state index is 14.1. The largest absolute Gasteiger partial charge is 0.368 e. The number of halogens is 1. The summed E-state index contributed by atoms with van der Waals surface area (Å²) in [5.41, 5.74) is 3.48. The number of rotatable bonds is 8. The molecule has 9 heteroatoms. The van der Waals surface area contributed by atoms with Crippen molar-refractivity contribution in [3.8, 4) is 17.3 Å². The maximum absolute atomic E-state index is 14.1.